The van der Waals surface area contributed by atoms with Crippen molar-refractivity contribution in [2.45, 2.75) is 39.2 Å². The van der Waals surface area contributed by atoms with Gasteiger partial charge in [-0.3, -0.25) is 4.79 Å². The highest BCUT2D eigenvalue weighted by Crippen LogP contribution is 2.22. The second kappa shape index (κ2) is 6.78. The maximum atomic E-state index is 12.3. The Morgan fingerprint density at radius 1 is 1.29 bits per heavy atom. The molecule has 0 bridgehead atoms. The highest BCUT2D eigenvalue weighted by Gasteiger charge is 2.38. The molecule has 1 aliphatic rings. The van der Waals surface area contributed by atoms with Gasteiger partial charge in [-0.15, -0.1) is 0 Å². The first-order valence-electron chi connectivity index (χ1n) is 7.14. The van der Waals surface area contributed by atoms with E-state index in [2.05, 4.69) is 0 Å². The second-order valence-electron chi connectivity index (χ2n) is 5.72. The standard InChI is InChI=1S/C14H24N2O5/c1-5-21-11(17)10-6-8-16(9-7-10)13(20)15(4)14(2,3)12(18)19/h10H,5-9H2,1-4H3,(H,18,19). The van der Waals surface area contributed by atoms with Gasteiger partial charge in [0.2, 0.25) is 0 Å². The first-order valence-corrected chi connectivity index (χ1v) is 7.14. The number of carboxylic acid groups (broad SMARTS) is 1. The number of hydrogen-bond donors (Lipinski definition) is 1. The summed E-state index contributed by atoms with van der Waals surface area (Å²) in [4.78, 5) is 38.0. The van der Waals surface area contributed by atoms with Crippen LogP contribution in [0.1, 0.15) is 33.6 Å². The van der Waals surface area contributed by atoms with Crippen LogP contribution < -0.4 is 0 Å². The molecule has 1 saturated heterocycles. The third kappa shape index (κ3) is 3.86. The van der Waals surface area contributed by atoms with Gasteiger partial charge in [-0.2, -0.15) is 0 Å². The number of likely N-dealkylation sites (tertiary alicyclic amines) is 1. The molecule has 0 aromatic rings. The molecule has 0 aromatic heterocycles. The number of piperidine rings is 1. The molecule has 0 saturated carbocycles. The van der Waals surface area contributed by atoms with Gasteiger partial charge in [-0.1, -0.05) is 0 Å². The van der Waals surface area contributed by atoms with Crippen molar-refractivity contribution in [1.29, 1.82) is 0 Å². The number of likely N-dealkylation sites (N-methyl/N-ethyl adjacent to an activating group) is 1. The van der Waals surface area contributed by atoms with Crippen LogP contribution in [0.25, 0.3) is 0 Å². The lowest BCUT2D eigenvalue weighted by atomic mass is 9.97. The number of carbonyl (C=O) groups is 3. The molecule has 0 atom stereocenters. The summed E-state index contributed by atoms with van der Waals surface area (Å²) >= 11 is 0. The van der Waals surface area contributed by atoms with Crippen molar-refractivity contribution in [3.8, 4) is 0 Å². The lowest BCUT2D eigenvalue weighted by Crippen LogP contribution is -2.56. The van der Waals surface area contributed by atoms with Gasteiger partial charge >= 0.3 is 18.0 Å². The third-order valence-electron chi connectivity index (χ3n) is 4.03. The van der Waals surface area contributed by atoms with Crippen LogP contribution >= 0.6 is 0 Å². The van der Waals surface area contributed by atoms with E-state index in [1.54, 1.807) is 11.8 Å². The number of nitrogens with zero attached hydrogens (tertiary/aromatic N) is 2. The SMILES string of the molecule is CCOC(=O)C1CCN(C(=O)N(C)C(C)(C)C(=O)O)CC1. The van der Waals surface area contributed by atoms with E-state index >= 15 is 0 Å². The molecule has 7 nitrogen and oxygen atoms in total. The molecule has 1 aliphatic heterocycles. The van der Waals surface area contributed by atoms with Crippen LogP contribution in [0.2, 0.25) is 0 Å². The van der Waals surface area contributed by atoms with Gasteiger partial charge in [0.1, 0.15) is 5.54 Å². The zero-order valence-corrected chi connectivity index (χ0v) is 13.1. The van der Waals surface area contributed by atoms with Gasteiger partial charge < -0.3 is 19.6 Å². The number of rotatable bonds is 4. The molecule has 0 aromatic carbocycles. The van der Waals surface area contributed by atoms with Crippen molar-refractivity contribution in [2.24, 2.45) is 5.92 Å². The van der Waals surface area contributed by atoms with Crippen LogP contribution in [0.3, 0.4) is 0 Å². The molecular weight excluding hydrogens is 276 g/mol. The fraction of sp³-hybridized carbons (Fsp3) is 0.786. The summed E-state index contributed by atoms with van der Waals surface area (Å²) in [6, 6.07) is -0.329. The molecule has 0 radical (unpaired) electrons. The molecule has 2 amide bonds. The molecular formula is C14H24N2O5. The number of ether oxygens (including phenoxy) is 1. The van der Waals surface area contributed by atoms with Crippen molar-refractivity contribution < 1.29 is 24.2 Å². The molecule has 21 heavy (non-hydrogen) atoms. The minimum absolute atomic E-state index is 0.174. The zero-order chi connectivity index (χ0) is 16.2. The minimum Gasteiger partial charge on any atom is -0.480 e. The van der Waals surface area contributed by atoms with E-state index < -0.39 is 11.5 Å². The fourth-order valence-electron chi connectivity index (χ4n) is 2.16. The Kier molecular flexibility index (Phi) is 5.57. The Bertz CT molecular complexity index is 414. The van der Waals surface area contributed by atoms with E-state index in [1.165, 1.54) is 25.8 Å². The summed E-state index contributed by atoms with van der Waals surface area (Å²) < 4.78 is 4.98. The summed E-state index contributed by atoms with van der Waals surface area (Å²) in [5.41, 5.74) is -1.27. The summed E-state index contributed by atoms with van der Waals surface area (Å²) in [5.74, 6) is -1.45. The Hall–Kier alpha value is -1.79. The second-order valence-corrected chi connectivity index (χ2v) is 5.72. The van der Waals surface area contributed by atoms with Crippen LogP contribution in [0.5, 0.6) is 0 Å². The largest absolute Gasteiger partial charge is 0.480 e. The van der Waals surface area contributed by atoms with Crippen LogP contribution in [0.15, 0.2) is 0 Å². The Morgan fingerprint density at radius 2 is 1.81 bits per heavy atom. The van der Waals surface area contributed by atoms with Crippen molar-refractivity contribution in [3.63, 3.8) is 0 Å². The van der Waals surface area contributed by atoms with Gasteiger partial charge in [0, 0.05) is 20.1 Å². The summed E-state index contributed by atoms with van der Waals surface area (Å²) in [6.45, 7) is 5.95. The average Bonchev–Trinajstić information content (AvgIpc) is 2.45. The van der Waals surface area contributed by atoms with E-state index in [-0.39, 0.29) is 17.9 Å². The number of urea groups is 1. The molecule has 120 valence electrons. The molecule has 1 N–H and O–H groups in total. The minimum atomic E-state index is -1.27. The lowest BCUT2D eigenvalue weighted by molar-refractivity contribution is -0.149. The monoisotopic (exact) mass is 300 g/mol. The fourth-order valence-corrected chi connectivity index (χ4v) is 2.16. The number of amides is 2. The number of aliphatic carboxylic acids is 1. The van der Waals surface area contributed by atoms with E-state index in [4.69, 9.17) is 9.84 Å². The molecule has 7 heteroatoms. The normalized spacial score (nSPS) is 16.5. The smallest absolute Gasteiger partial charge is 0.329 e. The Morgan fingerprint density at radius 3 is 2.24 bits per heavy atom. The molecule has 1 fully saturated rings. The van der Waals surface area contributed by atoms with Crippen molar-refractivity contribution in [3.05, 3.63) is 0 Å². The van der Waals surface area contributed by atoms with Gasteiger partial charge in [0.05, 0.1) is 12.5 Å². The number of carboxylic acids is 1. The average molecular weight is 300 g/mol. The van der Waals surface area contributed by atoms with E-state index in [0.717, 1.165) is 0 Å². The molecule has 0 unspecified atom stereocenters. The molecule has 0 spiro atoms. The van der Waals surface area contributed by atoms with E-state index in [0.29, 0.717) is 32.5 Å². The number of hydrogen-bond acceptors (Lipinski definition) is 4. The first kappa shape index (κ1) is 17.3. The first-order chi connectivity index (χ1) is 9.71. The third-order valence-corrected chi connectivity index (χ3v) is 4.03. The predicted molar refractivity (Wildman–Crippen MR) is 75.8 cm³/mol. The highest BCUT2D eigenvalue weighted by atomic mass is 16.5. The Balaban J connectivity index is 2.60. The van der Waals surface area contributed by atoms with Gasteiger partial charge in [-0.05, 0) is 33.6 Å². The number of esters is 1. The van der Waals surface area contributed by atoms with Crippen molar-refractivity contribution in [1.82, 2.24) is 9.80 Å². The highest BCUT2D eigenvalue weighted by molar-refractivity contribution is 5.85. The zero-order valence-electron chi connectivity index (χ0n) is 13.1. The summed E-state index contributed by atoms with van der Waals surface area (Å²) in [7, 11) is 1.48. The summed E-state index contributed by atoms with van der Waals surface area (Å²) in [6.07, 6.45) is 1.10. The molecule has 1 rings (SSSR count). The van der Waals surface area contributed by atoms with E-state index in [1.807, 2.05) is 0 Å². The quantitative estimate of drug-likeness (QED) is 0.788. The maximum Gasteiger partial charge on any atom is 0.329 e. The van der Waals surface area contributed by atoms with E-state index in [9.17, 15) is 14.4 Å². The van der Waals surface area contributed by atoms with Crippen LogP contribution in [-0.4, -0.2) is 65.2 Å². The summed E-state index contributed by atoms with van der Waals surface area (Å²) in [5, 5.41) is 9.16. The molecule has 0 aliphatic carbocycles. The van der Waals surface area contributed by atoms with Crippen LogP contribution in [-0.2, 0) is 14.3 Å². The van der Waals surface area contributed by atoms with Crippen LogP contribution in [0.4, 0.5) is 4.79 Å². The topological polar surface area (TPSA) is 87.2 Å². The van der Waals surface area contributed by atoms with Gasteiger partial charge in [0.25, 0.3) is 0 Å². The number of carbonyl (C=O) groups excluding carboxylic acids is 2. The van der Waals surface area contributed by atoms with Gasteiger partial charge in [0.15, 0.2) is 0 Å². The van der Waals surface area contributed by atoms with Crippen molar-refractivity contribution in [2.75, 3.05) is 26.7 Å². The van der Waals surface area contributed by atoms with Crippen LogP contribution in [0, 0.1) is 5.92 Å². The Labute approximate surface area is 124 Å². The maximum absolute atomic E-state index is 12.3. The predicted octanol–water partition coefficient (Wildman–Crippen LogP) is 1.18. The molecule has 1 heterocycles. The van der Waals surface area contributed by atoms with Gasteiger partial charge in [-0.25, -0.2) is 9.59 Å². The van der Waals surface area contributed by atoms with Crippen molar-refractivity contribution >= 4 is 18.0 Å². The lowest BCUT2D eigenvalue weighted by Gasteiger charge is -2.38.